The molecule has 2 rings (SSSR count). The number of hydrogen-bond donors (Lipinski definition) is 1. The van der Waals surface area contributed by atoms with E-state index < -0.39 is 6.04 Å². The molecule has 4 heteroatoms. The molecule has 0 fully saturated rings. The first kappa shape index (κ1) is 17.9. The molecule has 0 saturated heterocycles. The number of aryl methyl sites for hydroxylation is 3. The monoisotopic (exact) mass is 318 g/mol. The lowest BCUT2D eigenvalue weighted by Gasteiger charge is -2.15. The Morgan fingerprint density at radius 2 is 1.91 bits per heavy atom. The number of carbonyl (C=O) groups excluding carboxylic acids is 1. The van der Waals surface area contributed by atoms with E-state index in [1.165, 1.54) is 62.6 Å². The molecule has 0 bridgehead atoms. The summed E-state index contributed by atoms with van der Waals surface area (Å²) in [6, 6.07) is 4.03. The van der Waals surface area contributed by atoms with Gasteiger partial charge in [-0.05, 0) is 56.6 Å². The van der Waals surface area contributed by atoms with Crippen molar-refractivity contribution in [3.8, 4) is 0 Å². The lowest BCUT2D eigenvalue weighted by atomic mass is 9.95. The number of nitrogens with two attached hydrogens (primary N) is 1. The van der Waals surface area contributed by atoms with Crippen LogP contribution in [0.5, 0.6) is 0 Å². The maximum absolute atomic E-state index is 11.2. The van der Waals surface area contributed by atoms with Gasteiger partial charge in [0, 0.05) is 11.4 Å². The number of fused-ring (bicyclic) bond motifs is 1. The average Bonchev–Trinajstić information content (AvgIpc) is 2.59. The third-order valence-electron chi connectivity index (χ3n) is 4.69. The molecule has 2 N–H and O–H groups in total. The molecule has 4 nitrogen and oxygen atoms in total. The summed E-state index contributed by atoms with van der Waals surface area (Å²) in [5, 5.41) is 0. The van der Waals surface area contributed by atoms with Crippen molar-refractivity contribution in [2.75, 3.05) is 7.11 Å². The number of rotatable bonds is 9. The van der Waals surface area contributed by atoms with E-state index in [2.05, 4.69) is 16.9 Å². The normalized spacial score (nSPS) is 15.0. The number of pyridine rings is 1. The van der Waals surface area contributed by atoms with E-state index in [9.17, 15) is 4.79 Å². The Kier molecular flexibility index (Phi) is 7.53. The van der Waals surface area contributed by atoms with Crippen LogP contribution in [0.15, 0.2) is 12.1 Å². The van der Waals surface area contributed by atoms with Gasteiger partial charge in [0.15, 0.2) is 0 Å². The van der Waals surface area contributed by atoms with Crippen LogP contribution in [0, 0.1) is 0 Å². The fraction of sp³-hybridized carbons (Fsp3) is 0.684. The molecule has 1 aromatic heterocycles. The number of esters is 1. The molecule has 0 aliphatic heterocycles. The lowest BCUT2D eigenvalue weighted by Crippen LogP contribution is -2.31. The fourth-order valence-electron chi connectivity index (χ4n) is 3.24. The van der Waals surface area contributed by atoms with Crippen molar-refractivity contribution in [2.24, 2.45) is 5.73 Å². The second-order valence-corrected chi connectivity index (χ2v) is 6.55. The molecule has 0 aromatic carbocycles. The van der Waals surface area contributed by atoms with Crippen LogP contribution in [-0.4, -0.2) is 24.1 Å². The molecule has 0 spiro atoms. The van der Waals surface area contributed by atoms with E-state index in [-0.39, 0.29) is 5.97 Å². The molecule has 1 aliphatic carbocycles. The summed E-state index contributed by atoms with van der Waals surface area (Å²) in [4.78, 5) is 16.0. The van der Waals surface area contributed by atoms with Gasteiger partial charge in [-0.15, -0.1) is 0 Å². The molecule has 1 aromatic rings. The predicted molar refractivity (Wildman–Crippen MR) is 92.3 cm³/mol. The van der Waals surface area contributed by atoms with Gasteiger partial charge in [-0.3, -0.25) is 9.78 Å². The molecule has 23 heavy (non-hydrogen) atoms. The Labute approximate surface area is 139 Å². The minimum Gasteiger partial charge on any atom is -0.468 e. The second kappa shape index (κ2) is 9.66. The summed E-state index contributed by atoms with van der Waals surface area (Å²) < 4.78 is 4.63. The molecule has 0 amide bonds. The van der Waals surface area contributed by atoms with Gasteiger partial charge in [-0.2, -0.15) is 0 Å². The smallest absolute Gasteiger partial charge is 0.322 e. The number of unbranched alkanes of at least 4 members (excludes halogenated alkanes) is 4. The molecule has 128 valence electrons. The van der Waals surface area contributed by atoms with Gasteiger partial charge in [0.25, 0.3) is 0 Å². The number of carbonyl (C=O) groups is 1. The zero-order valence-electron chi connectivity index (χ0n) is 14.4. The van der Waals surface area contributed by atoms with Crippen molar-refractivity contribution in [3.05, 3.63) is 29.1 Å². The van der Waals surface area contributed by atoms with Crippen LogP contribution in [0.3, 0.4) is 0 Å². The van der Waals surface area contributed by atoms with Crippen LogP contribution >= 0.6 is 0 Å². The molecule has 1 aliphatic rings. The van der Waals surface area contributed by atoms with Gasteiger partial charge in [0.05, 0.1) is 7.11 Å². The molecule has 0 saturated carbocycles. The Bertz CT molecular complexity index is 502. The van der Waals surface area contributed by atoms with Crippen molar-refractivity contribution in [1.82, 2.24) is 4.98 Å². The quantitative estimate of drug-likeness (QED) is 0.560. The van der Waals surface area contributed by atoms with Gasteiger partial charge >= 0.3 is 5.97 Å². The van der Waals surface area contributed by atoms with E-state index in [1.54, 1.807) is 0 Å². The van der Waals surface area contributed by atoms with Crippen molar-refractivity contribution >= 4 is 5.97 Å². The van der Waals surface area contributed by atoms with E-state index >= 15 is 0 Å². The summed E-state index contributed by atoms with van der Waals surface area (Å²) in [5.74, 6) is -0.302. The molecule has 0 unspecified atom stereocenters. The SMILES string of the molecule is COC(=O)[C@H](N)CCCCCCCc1ccc2c(n1)CCCC2. The molecule has 1 atom stereocenters. The standard InChI is InChI=1S/C19H30N2O2/c1-23-19(22)17(20)11-6-4-2-3-5-10-16-14-13-15-9-7-8-12-18(15)21-16/h13-14,17H,2-12,20H2,1H3/t17-/m1/s1. The molecule has 0 radical (unpaired) electrons. The largest absolute Gasteiger partial charge is 0.468 e. The third-order valence-corrected chi connectivity index (χ3v) is 4.69. The Balaban J connectivity index is 1.56. The lowest BCUT2D eigenvalue weighted by molar-refractivity contribution is -0.142. The number of aromatic nitrogens is 1. The highest BCUT2D eigenvalue weighted by Gasteiger charge is 2.12. The zero-order chi connectivity index (χ0) is 16.5. The van der Waals surface area contributed by atoms with Crippen LogP contribution in [0.4, 0.5) is 0 Å². The molecular weight excluding hydrogens is 288 g/mol. The van der Waals surface area contributed by atoms with Crippen LogP contribution < -0.4 is 5.73 Å². The van der Waals surface area contributed by atoms with E-state index in [0.717, 1.165) is 32.1 Å². The molecular formula is C19H30N2O2. The highest BCUT2D eigenvalue weighted by Crippen LogP contribution is 2.20. The van der Waals surface area contributed by atoms with Crippen LogP contribution in [0.25, 0.3) is 0 Å². The summed E-state index contributed by atoms with van der Waals surface area (Å²) in [6.07, 6.45) is 12.5. The summed E-state index contributed by atoms with van der Waals surface area (Å²) in [5.41, 5.74) is 9.76. The maximum atomic E-state index is 11.2. The van der Waals surface area contributed by atoms with E-state index in [4.69, 9.17) is 10.7 Å². The highest BCUT2D eigenvalue weighted by molar-refractivity contribution is 5.75. The fourth-order valence-corrected chi connectivity index (χ4v) is 3.24. The van der Waals surface area contributed by atoms with Gasteiger partial charge in [-0.1, -0.05) is 31.7 Å². The van der Waals surface area contributed by atoms with Gasteiger partial charge in [0.2, 0.25) is 0 Å². The van der Waals surface area contributed by atoms with Crippen molar-refractivity contribution < 1.29 is 9.53 Å². The zero-order valence-corrected chi connectivity index (χ0v) is 14.4. The maximum Gasteiger partial charge on any atom is 0.322 e. The van der Waals surface area contributed by atoms with Crippen LogP contribution in [0.2, 0.25) is 0 Å². The number of nitrogens with zero attached hydrogens (tertiary/aromatic N) is 1. The number of hydrogen-bond acceptors (Lipinski definition) is 4. The Morgan fingerprint density at radius 1 is 1.17 bits per heavy atom. The number of methoxy groups -OCH3 is 1. The summed E-state index contributed by atoms with van der Waals surface area (Å²) >= 11 is 0. The Hall–Kier alpha value is -1.42. The highest BCUT2D eigenvalue weighted by atomic mass is 16.5. The minimum absolute atomic E-state index is 0.302. The van der Waals surface area contributed by atoms with Gasteiger partial charge < -0.3 is 10.5 Å². The number of ether oxygens (including phenoxy) is 1. The second-order valence-electron chi connectivity index (χ2n) is 6.55. The van der Waals surface area contributed by atoms with E-state index in [1.807, 2.05) is 0 Å². The van der Waals surface area contributed by atoms with E-state index in [0.29, 0.717) is 0 Å². The third kappa shape index (κ3) is 5.94. The van der Waals surface area contributed by atoms with Gasteiger partial charge in [0.1, 0.15) is 6.04 Å². The van der Waals surface area contributed by atoms with Gasteiger partial charge in [-0.25, -0.2) is 0 Å². The first-order valence-electron chi connectivity index (χ1n) is 9.02. The predicted octanol–water partition coefficient (Wildman–Crippen LogP) is 3.34. The topological polar surface area (TPSA) is 65.2 Å². The van der Waals surface area contributed by atoms with Crippen molar-refractivity contribution in [3.63, 3.8) is 0 Å². The molecule has 1 heterocycles. The Morgan fingerprint density at radius 3 is 2.74 bits per heavy atom. The van der Waals surface area contributed by atoms with Crippen LogP contribution in [0.1, 0.15) is 68.3 Å². The van der Waals surface area contributed by atoms with Crippen LogP contribution in [-0.2, 0) is 28.8 Å². The average molecular weight is 318 g/mol. The first-order chi connectivity index (χ1) is 11.2. The van der Waals surface area contributed by atoms with Crippen molar-refractivity contribution in [2.45, 2.75) is 76.7 Å². The minimum atomic E-state index is -0.459. The summed E-state index contributed by atoms with van der Waals surface area (Å²) in [7, 11) is 1.39. The first-order valence-corrected chi connectivity index (χ1v) is 9.02. The van der Waals surface area contributed by atoms with Crippen molar-refractivity contribution in [1.29, 1.82) is 0 Å². The summed E-state index contributed by atoms with van der Waals surface area (Å²) in [6.45, 7) is 0.